The summed E-state index contributed by atoms with van der Waals surface area (Å²) in [5.41, 5.74) is 0. The molecule has 0 aliphatic rings. The van der Waals surface area contributed by atoms with Gasteiger partial charge in [0.15, 0.2) is 0 Å². The van der Waals surface area contributed by atoms with Gasteiger partial charge in [-0.3, -0.25) is 0 Å². The van der Waals surface area contributed by atoms with Crippen molar-refractivity contribution in [2.45, 2.75) is 52.9 Å². The van der Waals surface area contributed by atoms with Crippen LogP contribution in [0, 0.1) is 11.8 Å². The van der Waals surface area contributed by atoms with Gasteiger partial charge in [-0.05, 0) is 24.7 Å². The molecule has 0 aromatic rings. The van der Waals surface area contributed by atoms with Crippen molar-refractivity contribution in [3.8, 4) is 0 Å². The Kier molecular flexibility index (Phi) is 7.23. The molecule has 0 bridgehead atoms. The van der Waals surface area contributed by atoms with E-state index in [-0.39, 0.29) is 0 Å². The zero-order valence-corrected chi connectivity index (χ0v) is 8.97. The molecule has 12 heavy (non-hydrogen) atoms. The fourth-order valence-corrected chi connectivity index (χ4v) is 1.75. The quantitative estimate of drug-likeness (QED) is 0.494. The van der Waals surface area contributed by atoms with Crippen LogP contribution >= 0.6 is 0 Å². The van der Waals surface area contributed by atoms with E-state index in [0.29, 0.717) is 0 Å². The Morgan fingerprint density at radius 1 is 1.17 bits per heavy atom. The summed E-state index contributed by atoms with van der Waals surface area (Å²) in [6, 6.07) is 0. The first-order valence-electron chi connectivity index (χ1n) is 5.40. The number of rotatable bonds is 7. The number of hydrogen-bond acceptors (Lipinski definition) is 0. The fraction of sp³-hybridized carbons (Fsp3) is 0.833. The second-order valence-electron chi connectivity index (χ2n) is 3.70. The van der Waals surface area contributed by atoms with Crippen molar-refractivity contribution in [1.82, 2.24) is 0 Å². The van der Waals surface area contributed by atoms with Gasteiger partial charge in [0.2, 0.25) is 0 Å². The molecule has 0 aromatic carbocycles. The third-order valence-corrected chi connectivity index (χ3v) is 2.77. The molecule has 0 rings (SSSR count). The highest BCUT2D eigenvalue weighted by molar-refractivity contribution is 4.79. The van der Waals surface area contributed by atoms with Crippen LogP contribution in [0.15, 0.2) is 12.7 Å². The average Bonchev–Trinajstić information content (AvgIpc) is 2.12. The number of allylic oxidation sites excluding steroid dienone is 1. The molecule has 0 saturated heterocycles. The molecule has 0 heteroatoms. The predicted molar refractivity (Wildman–Crippen MR) is 57.3 cm³/mol. The molecule has 0 heterocycles. The SMILES string of the molecule is C=CC(CC)CC(CC)CCC. The van der Waals surface area contributed by atoms with E-state index in [4.69, 9.17) is 0 Å². The summed E-state index contributed by atoms with van der Waals surface area (Å²) >= 11 is 0. The summed E-state index contributed by atoms with van der Waals surface area (Å²) in [5.74, 6) is 1.68. The lowest BCUT2D eigenvalue weighted by molar-refractivity contribution is 0.373. The van der Waals surface area contributed by atoms with Crippen molar-refractivity contribution in [2.24, 2.45) is 11.8 Å². The third kappa shape index (κ3) is 4.58. The van der Waals surface area contributed by atoms with E-state index >= 15 is 0 Å². The van der Waals surface area contributed by atoms with Crippen LogP contribution in [0.5, 0.6) is 0 Å². The molecular formula is C12H24. The van der Waals surface area contributed by atoms with Crippen molar-refractivity contribution in [2.75, 3.05) is 0 Å². The van der Waals surface area contributed by atoms with E-state index in [9.17, 15) is 0 Å². The van der Waals surface area contributed by atoms with Gasteiger partial charge in [-0.25, -0.2) is 0 Å². The minimum Gasteiger partial charge on any atom is -0.103 e. The van der Waals surface area contributed by atoms with Crippen LogP contribution in [0.2, 0.25) is 0 Å². The Bertz CT molecular complexity index is 105. The van der Waals surface area contributed by atoms with E-state index in [1.165, 1.54) is 32.1 Å². The van der Waals surface area contributed by atoms with E-state index < -0.39 is 0 Å². The van der Waals surface area contributed by atoms with Gasteiger partial charge in [-0.15, -0.1) is 6.58 Å². The van der Waals surface area contributed by atoms with Crippen LogP contribution in [0.25, 0.3) is 0 Å². The van der Waals surface area contributed by atoms with Gasteiger partial charge in [-0.2, -0.15) is 0 Å². The first-order valence-corrected chi connectivity index (χ1v) is 5.40. The molecule has 2 atom stereocenters. The minimum atomic E-state index is 0.751. The van der Waals surface area contributed by atoms with Crippen molar-refractivity contribution in [3.05, 3.63) is 12.7 Å². The first kappa shape index (κ1) is 11.7. The van der Waals surface area contributed by atoms with Crippen LogP contribution < -0.4 is 0 Å². The molecule has 0 spiro atoms. The lowest BCUT2D eigenvalue weighted by Crippen LogP contribution is -2.05. The van der Waals surface area contributed by atoms with Crippen molar-refractivity contribution in [3.63, 3.8) is 0 Å². The topological polar surface area (TPSA) is 0 Å². The standard InChI is InChI=1S/C12H24/c1-5-9-12(8-4)10-11(6-2)7-3/h6,11-12H,2,5,7-10H2,1,3-4H3. The highest BCUT2D eigenvalue weighted by Gasteiger charge is 2.09. The summed E-state index contributed by atoms with van der Waals surface area (Å²) in [6.07, 6.45) is 8.78. The summed E-state index contributed by atoms with van der Waals surface area (Å²) < 4.78 is 0. The van der Waals surface area contributed by atoms with Crippen LogP contribution in [0.3, 0.4) is 0 Å². The van der Waals surface area contributed by atoms with E-state index in [2.05, 4.69) is 33.4 Å². The third-order valence-electron chi connectivity index (χ3n) is 2.77. The molecule has 0 saturated carbocycles. The summed E-state index contributed by atoms with van der Waals surface area (Å²) in [6.45, 7) is 10.7. The number of hydrogen-bond donors (Lipinski definition) is 0. The van der Waals surface area contributed by atoms with Crippen LogP contribution in [0.4, 0.5) is 0 Å². The fourth-order valence-electron chi connectivity index (χ4n) is 1.75. The first-order chi connectivity index (χ1) is 5.78. The van der Waals surface area contributed by atoms with Crippen molar-refractivity contribution >= 4 is 0 Å². The zero-order chi connectivity index (χ0) is 9.40. The van der Waals surface area contributed by atoms with E-state index in [1.54, 1.807) is 0 Å². The maximum absolute atomic E-state index is 3.88. The van der Waals surface area contributed by atoms with Crippen molar-refractivity contribution in [1.29, 1.82) is 0 Å². The van der Waals surface area contributed by atoms with Gasteiger partial charge in [0, 0.05) is 0 Å². The summed E-state index contributed by atoms with van der Waals surface area (Å²) in [4.78, 5) is 0. The molecule has 0 aliphatic heterocycles. The Morgan fingerprint density at radius 2 is 1.83 bits per heavy atom. The molecule has 0 aromatic heterocycles. The highest BCUT2D eigenvalue weighted by Crippen LogP contribution is 2.22. The molecule has 0 N–H and O–H groups in total. The normalized spacial score (nSPS) is 15.6. The maximum atomic E-state index is 3.88. The summed E-state index contributed by atoms with van der Waals surface area (Å²) in [5, 5.41) is 0. The Labute approximate surface area is 78.1 Å². The molecule has 0 aliphatic carbocycles. The van der Waals surface area contributed by atoms with Gasteiger partial charge >= 0.3 is 0 Å². The Hall–Kier alpha value is -0.260. The minimum absolute atomic E-state index is 0.751. The van der Waals surface area contributed by atoms with Gasteiger partial charge in [0.1, 0.15) is 0 Å². The monoisotopic (exact) mass is 168 g/mol. The maximum Gasteiger partial charge on any atom is -0.0236 e. The van der Waals surface area contributed by atoms with Crippen LogP contribution in [-0.4, -0.2) is 0 Å². The summed E-state index contributed by atoms with van der Waals surface area (Å²) in [7, 11) is 0. The molecule has 0 amide bonds. The lowest BCUT2D eigenvalue weighted by Gasteiger charge is -2.18. The van der Waals surface area contributed by atoms with Gasteiger partial charge < -0.3 is 0 Å². The smallest absolute Gasteiger partial charge is 0.0236 e. The Morgan fingerprint density at radius 3 is 2.17 bits per heavy atom. The lowest BCUT2D eigenvalue weighted by atomic mass is 9.88. The highest BCUT2D eigenvalue weighted by atomic mass is 14.2. The molecule has 72 valence electrons. The van der Waals surface area contributed by atoms with Gasteiger partial charge in [0.05, 0.1) is 0 Å². The second kappa shape index (κ2) is 7.39. The van der Waals surface area contributed by atoms with E-state index in [0.717, 1.165) is 11.8 Å². The predicted octanol–water partition coefficient (Wildman–Crippen LogP) is 4.42. The zero-order valence-electron chi connectivity index (χ0n) is 8.97. The van der Waals surface area contributed by atoms with Crippen molar-refractivity contribution < 1.29 is 0 Å². The van der Waals surface area contributed by atoms with Crippen LogP contribution in [0.1, 0.15) is 52.9 Å². The molecular weight excluding hydrogens is 144 g/mol. The van der Waals surface area contributed by atoms with Crippen LogP contribution in [-0.2, 0) is 0 Å². The van der Waals surface area contributed by atoms with E-state index in [1.807, 2.05) is 0 Å². The van der Waals surface area contributed by atoms with Gasteiger partial charge in [-0.1, -0.05) is 46.1 Å². The Balaban J connectivity index is 3.73. The molecule has 0 nitrogen and oxygen atoms in total. The van der Waals surface area contributed by atoms with Gasteiger partial charge in [0.25, 0.3) is 0 Å². The average molecular weight is 168 g/mol. The largest absolute Gasteiger partial charge is 0.103 e. The second-order valence-corrected chi connectivity index (χ2v) is 3.70. The molecule has 2 unspecified atom stereocenters. The molecule has 0 radical (unpaired) electrons. The molecule has 0 fully saturated rings.